The predicted molar refractivity (Wildman–Crippen MR) is 178 cm³/mol. The van der Waals surface area contributed by atoms with Crippen molar-refractivity contribution >= 4 is 23.9 Å². The van der Waals surface area contributed by atoms with Gasteiger partial charge in [-0.1, -0.05) is 0 Å². The molecule has 7 N–H and O–H groups in total. The van der Waals surface area contributed by atoms with E-state index in [1.807, 2.05) is 0 Å². The fraction of sp³-hybridized carbons (Fsp3) is 0.879. The van der Waals surface area contributed by atoms with E-state index in [9.17, 15) is 54.9 Å². The van der Waals surface area contributed by atoms with E-state index in [2.05, 4.69) is 0 Å². The normalized spacial score (nSPS) is 43.3. The van der Waals surface area contributed by atoms with Crippen LogP contribution >= 0.6 is 0 Å². The molecule has 4 saturated heterocycles. The van der Waals surface area contributed by atoms with Crippen LogP contribution in [0.15, 0.2) is 0 Å². The van der Waals surface area contributed by atoms with Crippen molar-refractivity contribution in [1.82, 2.24) is 0 Å². The summed E-state index contributed by atoms with van der Waals surface area (Å²) in [5.74, 6) is -5.09. The van der Waals surface area contributed by atoms with Gasteiger partial charge in [-0.05, 0) is 0 Å². The van der Waals surface area contributed by atoms with Gasteiger partial charge >= 0.3 is 23.9 Å². The first-order valence-corrected chi connectivity index (χ1v) is 17.8. The van der Waals surface area contributed by atoms with Crippen LogP contribution in [0.25, 0.3) is 0 Å². The molecule has 4 rings (SSSR count). The second-order valence-corrected chi connectivity index (χ2v) is 13.5. The zero-order chi connectivity index (χ0) is 43.2. The van der Waals surface area contributed by atoms with Gasteiger partial charge in [0.2, 0.25) is 0 Å². The Morgan fingerprint density at radius 2 is 1.00 bits per heavy atom. The minimum atomic E-state index is -2.07. The summed E-state index contributed by atoms with van der Waals surface area (Å²) in [7, 11) is 5.85. The predicted octanol–water partition coefficient (Wildman–Crippen LogP) is -5.15. The van der Waals surface area contributed by atoms with Crippen LogP contribution in [0.1, 0.15) is 13.8 Å². The number of carboxylic acids is 2. The van der Waals surface area contributed by atoms with E-state index in [-0.39, 0.29) is 0 Å². The van der Waals surface area contributed by atoms with Crippen LogP contribution < -0.4 is 0 Å². The van der Waals surface area contributed by atoms with Crippen LogP contribution in [-0.2, 0) is 85.5 Å². The number of carbonyl (C=O) groups is 4. The molecular weight excluding hydrogens is 796 g/mol. The lowest BCUT2D eigenvalue weighted by molar-refractivity contribution is -0.386. The molecule has 0 aliphatic carbocycles. The van der Waals surface area contributed by atoms with Crippen molar-refractivity contribution in [3.8, 4) is 0 Å². The number of esters is 2. The van der Waals surface area contributed by atoms with Gasteiger partial charge in [0, 0.05) is 49.4 Å². The lowest BCUT2D eigenvalue weighted by atomic mass is 9.95. The Kier molecular flexibility index (Phi) is 17.4. The third-order valence-electron chi connectivity index (χ3n) is 9.88. The fourth-order valence-electron chi connectivity index (χ4n) is 7.15. The lowest BCUT2D eigenvalue weighted by Gasteiger charge is -2.50. The second-order valence-electron chi connectivity index (χ2n) is 13.5. The molecule has 58 heavy (non-hydrogen) atoms. The Bertz CT molecular complexity index is 1370. The summed E-state index contributed by atoms with van der Waals surface area (Å²) < 4.78 is 78.2. The van der Waals surface area contributed by atoms with Crippen molar-refractivity contribution in [2.24, 2.45) is 0 Å². The molecule has 0 saturated carbocycles. The average Bonchev–Trinajstić information content (AvgIpc) is 3.18. The van der Waals surface area contributed by atoms with Crippen LogP contribution in [0.4, 0.5) is 0 Å². The molecule has 8 unspecified atom stereocenters. The summed E-state index contributed by atoms with van der Waals surface area (Å²) in [5, 5.41) is 73.7. The number of carbonyl (C=O) groups excluding carboxylic acids is 2. The van der Waals surface area contributed by atoms with E-state index in [1.165, 1.54) is 21.3 Å². The molecular formula is C33H52O25. The summed E-state index contributed by atoms with van der Waals surface area (Å²) in [5.41, 5.74) is 0. The lowest BCUT2D eigenvalue weighted by Crippen LogP contribution is -2.69. The fourth-order valence-corrected chi connectivity index (χ4v) is 7.15. The van der Waals surface area contributed by atoms with Crippen molar-refractivity contribution in [3.63, 3.8) is 0 Å². The van der Waals surface area contributed by atoms with Gasteiger partial charge in [-0.2, -0.15) is 0 Å². The van der Waals surface area contributed by atoms with E-state index < -0.39 is 160 Å². The summed E-state index contributed by atoms with van der Waals surface area (Å²) in [6.07, 6.45) is -33.2. The van der Waals surface area contributed by atoms with E-state index in [0.29, 0.717) is 0 Å². The third-order valence-corrected chi connectivity index (χ3v) is 9.88. The Balaban J connectivity index is 1.67. The highest BCUT2D eigenvalue weighted by atomic mass is 16.8. The first kappa shape index (κ1) is 47.9. The Morgan fingerprint density at radius 1 is 0.483 bits per heavy atom. The standard InChI is InChI=1S/C33H52O25/c1-10(35)50-9-13-19(55-32-26(47-5)20(45-3)16(39)22(56-32)28(41)42)21(51-11(2)36)17(40)31(53-13)57-24-23(46-4)27(48-6)33(58-25(24)29(43)44)54-18-12(8-34)52-30(49-7)15(38)14(18)37/h12-27,30-34,37-40H,8-9H2,1-7H3,(H,41,42)(H,43,44)/t12?,13-,14+,15?,16-,17?,18+,19+,20-,21?,22?,23?,24-,25+,26?,27?,30-,31+,32+,33+/m0/s1. The first-order chi connectivity index (χ1) is 27.5. The van der Waals surface area contributed by atoms with Crippen molar-refractivity contribution in [2.75, 3.05) is 48.8 Å². The van der Waals surface area contributed by atoms with Gasteiger partial charge in [0.05, 0.1) is 6.61 Å². The molecule has 0 bridgehead atoms. The number of hydrogen-bond donors (Lipinski definition) is 7. The number of rotatable bonds is 17. The minimum absolute atomic E-state index is 0.686. The third kappa shape index (κ3) is 10.4. The second kappa shape index (κ2) is 21.1. The zero-order valence-corrected chi connectivity index (χ0v) is 32.4. The molecule has 4 fully saturated rings. The molecule has 0 aromatic heterocycles. The van der Waals surface area contributed by atoms with Gasteiger partial charge in [0.25, 0.3) is 0 Å². The molecule has 25 heteroatoms. The van der Waals surface area contributed by atoms with Crippen molar-refractivity contribution in [3.05, 3.63) is 0 Å². The van der Waals surface area contributed by atoms with Crippen LogP contribution in [0.3, 0.4) is 0 Å². The highest BCUT2D eigenvalue weighted by Gasteiger charge is 2.59. The highest BCUT2D eigenvalue weighted by Crippen LogP contribution is 2.37. The summed E-state index contributed by atoms with van der Waals surface area (Å²) in [6.45, 7) is 0.606. The number of carboxylic acid groups (broad SMARTS) is 2. The summed E-state index contributed by atoms with van der Waals surface area (Å²) in [4.78, 5) is 49.2. The molecule has 0 amide bonds. The summed E-state index contributed by atoms with van der Waals surface area (Å²) in [6, 6.07) is 0. The topological polar surface area (TPSA) is 339 Å². The highest BCUT2D eigenvalue weighted by molar-refractivity contribution is 5.74. The quantitative estimate of drug-likeness (QED) is 0.0673. The maximum absolute atomic E-state index is 12.8. The number of ether oxygens (including phenoxy) is 14. The number of aliphatic hydroxyl groups excluding tert-OH is 5. The summed E-state index contributed by atoms with van der Waals surface area (Å²) >= 11 is 0. The van der Waals surface area contributed by atoms with E-state index in [4.69, 9.17) is 66.3 Å². The van der Waals surface area contributed by atoms with Crippen LogP contribution in [0, 0.1) is 0 Å². The van der Waals surface area contributed by atoms with Gasteiger partial charge in [0.1, 0.15) is 86.0 Å². The molecule has 25 nitrogen and oxygen atoms in total. The molecule has 0 aromatic rings. The molecule has 4 heterocycles. The molecule has 4 aliphatic heterocycles. The smallest absolute Gasteiger partial charge is 0.335 e. The molecule has 0 spiro atoms. The van der Waals surface area contributed by atoms with Gasteiger partial charge in [-0.15, -0.1) is 0 Å². The number of hydrogen-bond acceptors (Lipinski definition) is 23. The van der Waals surface area contributed by atoms with E-state index in [1.54, 1.807) is 0 Å². The average molecular weight is 849 g/mol. The first-order valence-electron chi connectivity index (χ1n) is 17.8. The van der Waals surface area contributed by atoms with Crippen LogP contribution in [0.2, 0.25) is 0 Å². The van der Waals surface area contributed by atoms with Crippen LogP contribution in [0.5, 0.6) is 0 Å². The molecule has 0 radical (unpaired) electrons. The largest absolute Gasteiger partial charge is 0.479 e. The Labute approximate surface area is 330 Å². The zero-order valence-electron chi connectivity index (χ0n) is 32.4. The Hall–Kier alpha value is -2.80. The van der Waals surface area contributed by atoms with Gasteiger partial charge in [0.15, 0.2) is 43.5 Å². The monoisotopic (exact) mass is 848 g/mol. The van der Waals surface area contributed by atoms with Gasteiger partial charge in [-0.3, -0.25) is 9.59 Å². The van der Waals surface area contributed by atoms with E-state index in [0.717, 1.165) is 28.1 Å². The maximum Gasteiger partial charge on any atom is 0.335 e. The van der Waals surface area contributed by atoms with Crippen LogP contribution in [-0.4, -0.2) is 231 Å². The number of aliphatic carboxylic acids is 2. The molecule has 0 aromatic carbocycles. The van der Waals surface area contributed by atoms with Crippen molar-refractivity contribution < 1.29 is 121 Å². The molecule has 20 atom stereocenters. The van der Waals surface area contributed by atoms with Gasteiger partial charge < -0.3 is 102 Å². The van der Waals surface area contributed by atoms with Gasteiger partial charge in [-0.25, -0.2) is 9.59 Å². The molecule has 334 valence electrons. The minimum Gasteiger partial charge on any atom is -0.479 e. The van der Waals surface area contributed by atoms with Crippen molar-refractivity contribution in [2.45, 2.75) is 137 Å². The number of aliphatic hydroxyl groups is 5. The molecule has 4 aliphatic rings. The number of methoxy groups -OCH3 is 5. The maximum atomic E-state index is 12.8. The van der Waals surface area contributed by atoms with Crippen molar-refractivity contribution in [1.29, 1.82) is 0 Å². The van der Waals surface area contributed by atoms with E-state index >= 15 is 0 Å². The SMILES string of the molecule is COC1C(OC)[C@H](O[C@H]2O[C@@H](COC(C)=O)[C@@H](O[C@@H]3OC(C(=O)O)[C@@H](O)[C@H](OC)C3OC)C(OC(C)=O)C2O)[C@H](C(=O)O)O[C@H]1O[C@@H]1C(CO)O[C@H](OC)C(O)[C@H]1O. The Morgan fingerprint density at radius 3 is 1.50 bits per heavy atom.